The van der Waals surface area contributed by atoms with E-state index in [2.05, 4.69) is 0 Å². The predicted octanol–water partition coefficient (Wildman–Crippen LogP) is 5.03. The first-order valence-corrected chi connectivity index (χ1v) is 12.5. The van der Waals surface area contributed by atoms with Crippen molar-refractivity contribution >= 4 is 33.2 Å². The minimum atomic E-state index is -3.75. The van der Waals surface area contributed by atoms with E-state index in [4.69, 9.17) is 11.6 Å². The molecule has 0 aromatic heterocycles. The number of rotatable bonds is 8. The Morgan fingerprint density at radius 1 is 0.906 bits per heavy atom. The van der Waals surface area contributed by atoms with Gasteiger partial charge in [-0.2, -0.15) is 0 Å². The molecule has 0 unspecified atom stereocenters. The molecule has 5 nitrogen and oxygen atoms in total. The molecule has 0 aliphatic heterocycles. The Balaban J connectivity index is 1.99. The number of sulfonamides is 1. The molecular weight excluding hydrogens is 444 g/mol. The minimum absolute atomic E-state index is 0.289. The lowest BCUT2D eigenvalue weighted by Crippen LogP contribution is -2.49. The van der Waals surface area contributed by atoms with Gasteiger partial charge in [0, 0.05) is 18.1 Å². The fourth-order valence-corrected chi connectivity index (χ4v) is 5.06. The first kappa shape index (κ1) is 23.8. The van der Waals surface area contributed by atoms with Crippen molar-refractivity contribution in [2.75, 3.05) is 10.6 Å². The number of nitrogens with zero attached hydrogens (tertiary/aromatic N) is 2. The molecule has 32 heavy (non-hydrogen) atoms. The minimum Gasteiger partial charge on any atom is -0.332 e. The summed E-state index contributed by atoms with van der Waals surface area (Å²) >= 11 is 6.16. The van der Waals surface area contributed by atoms with Gasteiger partial charge in [0.1, 0.15) is 6.04 Å². The van der Waals surface area contributed by atoms with Gasteiger partial charge in [-0.1, -0.05) is 78.3 Å². The number of hydrogen-bond donors (Lipinski definition) is 0. The van der Waals surface area contributed by atoms with Crippen LogP contribution < -0.4 is 4.31 Å². The van der Waals surface area contributed by atoms with E-state index in [0.717, 1.165) is 22.9 Å². The normalized spacial score (nSPS) is 12.2. The van der Waals surface area contributed by atoms with E-state index < -0.39 is 16.1 Å². The van der Waals surface area contributed by atoms with Crippen LogP contribution in [0.4, 0.5) is 5.69 Å². The molecule has 168 valence electrons. The average Bonchev–Trinajstić information content (AvgIpc) is 2.76. The van der Waals surface area contributed by atoms with Gasteiger partial charge in [-0.05, 0) is 42.7 Å². The van der Waals surface area contributed by atoms with Crippen molar-refractivity contribution in [2.45, 2.75) is 33.0 Å². The Morgan fingerprint density at radius 2 is 1.41 bits per heavy atom. The molecule has 0 spiro atoms. The third kappa shape index (κ3) is 5.90. The number of aryl methyl sites for hydroxylation is 1. The lowest BCUT2D eigenvalue weighted by molar-refractivity contribution is -0.133. The zero-order chi connectivity index (χ0) is 23.3. The molecule has 0 saturated heterocycles. The van der Waals surface area contributed by atoms with Gasteiger partial charge in [0.25, 0.3) is 0 Å². The van der Waals surface area contributed by atoms with Crippen LogP contribution in [0.5, 0.6) is 0 Å². The van der Waals surface area contributed by atoms with Crippen LogP contribution in [-0.2, 0) is 27.9 Å². The predicted molar refractivity (Wildman–Crippen MR) is 130 cm³/mol. The highest BCUT2D eigenvalue weighted by Gasteiger charge is 2.33. The van der Waals surface area contributed by atoms with E-state index in [0.29, 0.717) is 23.8 Å². The van der Waals surface area contributed by atoms with Gasteiger partial charge < -0.3 is 4.90 Å². The fourth-order valence-electron chi connectivity index (χ4n) is 3.68. The summed E-state index contributed by atoms with van der Waals surface area (Å²) < 4.78 is 26.8. The van der Waals surface area contributed by atoms with Crippen LogP contribution in [0.3, 0.4) is 0 Å². The van der Waals surface area contributed by atoms with E-state index >= 15 is 0 Å². The lowest BCUT2D eigenvalue weighted by Gasteiger charge is -2.33. The van der Waals surface area contributed by atoms with E-state index in [1.165, 1.54) is 4.31 Å². The van der Waals surface area contributed by atoms with Crippen LogP contribution in [0.25, 0.3) is 0 Å². The molecule has 0 N–H and O–H groups in total. The van der Waals surface area contributed by atoms with Gasteiger partial charge in [-0.15, -0.1) is 0 Å². The number of carbonyl (C=O) groups is 1. The van der Waals surface area contributed by atoms with Crippen LogP contribution >= 0.6 is 11.6 Å². The highest BCUT2D eigenvalue weighted by atomic mass is 35.5. The van der Waals surface area contributed by atoms with Crippen molar-refractivity contribution in [1.82, 2.24) is 4.90 Å². The summed E-state index contributed by atoms with van der Waals surface area (Å²) in [5.74, 6) is -0.289. The van der Waals surface area contributed by atoms with Crippen molar-refractivity contribution in [2.24, 2.45) is 0 Å². The number of amides is 1. The molecule has 0 heterocycles. The van der Waals surface area contributed by atoms with E-state index in [-0.39, 0.29) is 5.91 Å². The van der Waals surface area contributed by atoms with Crippen molar-refractivity contribution in [1.29, 1.82) is 0 Å². The van der Waals surface area contributed by atoms with Gasteiger partial charge in [-0.25, -0.2) is 8.42 Å². The van der Waals surface area contributed by atoms with E-state index in [9.17, 15) is 13.2 Å². The van der Waals surface area contributed by atoms with Crippen LogP contribution in [0.15, 0.2) is 78.9 Å². The standard InChI is InChI=1S/C25H27ClN2O3S/c1-19-14-15-23(26)16-24(19)28(32(3,30)31)20(2)25(29)27(17-21-10-6-4-7-11-21)18-22-12-8-5-9-13-22/h4-16,20H,17-18H2,1-3H3/t20-/m1/s1. The summed E-state index contributed by atoms with van der Waals surface area (Å²) in [4.78, 5) is 15.4. The molecule has 7 heteroatoms. The summed E-state index contributed by atoms with van der Waals surface area (Å²) in [6.07, 6.45) is 1.11. The summed E-state index contributed by atoms with van der Waals surface area (Å²) in [5.41, 5.74) is 3.06. The summed E-state index contributed by atoms with van der Waals surface area (Å²) in [6, 6.07) is 23.4. The molecule has 0 aliphatic rings. The zero-order valence-corrected chi connectivity index (χ0v) is 20.0. The molecule has 0 fully saturated rings. The summed E-state index contributed by atoms with van der Waals surface area (Å²) in [6.45, 7) is 4.15. The highest BCUT2D eigenvalue weighted by molar-refractivity contribution is 7.92. The number of hydrogen-bond acceptors (Lipinski definition) is 3. The van der Waals surface area contributed by atoms with Crippen molar-refractivity contribution in [3.8, 4) is 0 Å². The van der Waals surface area contributed by atoms with Crippen molar-refractivity contribution in [3.63, 3.8) is 0 Å². The maximum Gasteiger partial charge on any atom is 0.246 e. The number of halogens is 1. The van der Waals surface area contributed by atoms with Crippen LogP contribution in [0.1, 0.15) is 23.6 Å². The molecule has 3 rings (SSSR count). The number of carbonyl (C=O) groups excluding carboxylic acids is 1. The third-order valence-corrected chi connectivity index (χ3v) is 6.68. The first-order chi connectivity index (χ1) is 15.2. The summed E-state index contributed by atoms with van der Waals surface area (Å²) in [7, 11) is -3.75. The molecular formula is C25H27ClN2O3S. The monoisotopic (exact) mass is 470 g/mol. The van der Waals surface area contributed by atoms with E-state index in [1.807, 2.05) is 60.7 Å². The van der Waals surface area contributed by atoms with E-state index in [1.54, 1.807) is 36.9 Å². The second-order valence-electron chi connectivity index (χ2n) is 7.83. The number of anilines is 1. The van der Waals surface area contributed by atoms with Gasteiger partial charge in [0.2, 0.25) is 15.9 Å². The second kappa shape index (κ2) is 10.2. The zero-order valence-electron chi connectivity index (χ0n) is 18.4. The van der Waals surface area contributed by atoms with Gasteiger partial charge in [0.15, 0.2) is 0 Å². The Labute approximate surface area is 195 Å². The average molecular weight is 471 g/mol. The highest BCUT2D eigenvalue weighted by Crippen LogP contribution is 2.29. The van der Waals surface area contributed by atoms with Crippen LogP contribution in [-0.4, -0.2) is 31.5 Å². The first-order valence-electron chi connectivity index (χ1n) is 10.3. The molecule has 3 aromatic rings. The van der Waals surface area contributed by atoms with Crippen LogP contribution in [0, 0.1) is 6.92 Å². The Kier molecular flexibility index (Phi) is 7.59. The van der Waals surface area contributed by atoms with Gasteiger partial charge in [0.05, 0.1) is 11.9 Å². The van der Waals surface area contributed by atoms with Gasteiger partial charge >= 0.3 is 0 Å². The molecule has 0 bridgehead atoms. The smallest absolute Gasteiger partial charge is 0.246 e. The molecule has 1 amide bonds. The SMILES string of the molecule is Cc1ccc(Cl)cc1N([C@H](C)C(=O)N(Cc1ccccc1)Cc1ccccc1)S(C)(=O)=O. The molecule has 0 saturated carbocycles. The molecule has 0 radical (unpaired) electrons. The molecule has 1 atom stereocenters. The van der Waals surface area contributed by atoms with Crippen molar-refractivity contribution in [3.05, 3.63) is 101 Å². The maximum atomic E-state index is 13.7. The molecule has 0 aliphatic carbocycles. The quantitative estimate of drug-likeness (QED) is 0.463. The van der Waals surface area contributed by atoms with Crippen LogP contribution in [0.2, 0.25) is 5.02 Å². The fraction of sp³-hybridized carbons (Fsp3) is 0.240. The Morgan fingerprint density at radius 3 is 1.88 bits per heavy atom. The third-order valence-electron chi connectivity index (χ3n) is 5.22. The Hall–Kier alpha value is -2.83. The molecule has 3 aromatic carbocycles. The van der Waals surface area contributed by atoms with Crippen molar-refractivity contribution < 1.29 is 13.2 Å². The lowest BCUT2D eigenvalue weighted by atomic mass is 10.1. The number of benzene rings is 3. The topological polar surface area (TPSA) is 57.7 Å². The van der Waals surface area contributed by atoms with Gasteiger partial charge in [-0.3, -0.25) is 9.10 Å². The summed E-state index contributed by atoms with van der Waals surface area (Å²) in [5, 5.41) is 0.407. The maximum absolute atomic E-state index is 13.7. The Bertz CT molecular complexity index is 1130. The largest absolute Gasteiger partial charge is 0.332 e. The second-order valence-corrected chi connectivity index (χ2v) is 10.1.